The number of benzene rings is 1. The molecule has 0 bridgehead atoms. The summed E-state index contributed by atoms with van der Waals surface area (Å²) in [5.41, 5.74) is 0.873. The number of halogens is 1. The molecular formula is C16H25FN4O. The minimum Gasteiger partial charge on any atom is -0.357 e. The van der Waals surface area contributed by atoms with Crippen LogP contribution in [0.25, 0.3) is 0 Å². The van der Waals surface area contributed by atoms with Gasteiger partial charge in [-0.3, -0.25) is 9.79 Å². The van der Waals surface area contributed by atoms with Crippen molar-refractivity contribution >= 4 is 11.9 Å². The Morgan fingerprint density at radius 1 is 1.32 bits per heavy atom. The van der Waals surface area contributed by atoms with Crippen LogP contribution in [-0.4, -0.2) is 55.9 Å². The van der Waals surface area contributed by atoms with Gasteiger partial charge in [-0.15, -0.1) is 0 Å². The highest BCUT2D eigenvalue weighted by molar-refractivity contribution is 5.80. The Bertz CT molecular complexity index is 517. The van der Waals surface area contributed by atoms with E-state index in [1.165, 1.54) is 12.1 Å². The smallest absolute Gasteiger partial charge is 0.223 e. The lowest BCUT2D eigenvalue weighted by Gasteiger charge is -2.22. The number of hydrogen-bond donors (Lipinski definition) is 1. The average Bonchev–Trinajstić information content (AvgIpc) is 2.46. The van der Waals surface area contributed by atoms with Crippen LogP contribution in [0.15, 0.2) is 29.3 Å². The predicted octanol–water partition coefficient (Wildman–Crippen LogP) is 1.70. The molecule has 1 aromatic carbocycles. The van der Waals surface area contributed by atoms with Crippen LogP contribution >= 0.6 is 0 Å². The topological polar surface area (TPSA) is 47.9 Å². The number of aliphatic imine (C=N–C) groups is 1. The van der Waals surface area contributed by atoms with E-state index in [0.717, 1.165) is 12.1 Å². The highest BCUT2D eigenvalue weighted by atomic mass is 19.1. The second kappa shape index (κ2) is 9.02. The molecule has 0 aliphatic heterocycles. The number of guanidine groups is 1. The number of nitrogens with zero attached hydrogens (tertiary/aromatic N) is 3. The van der Waals surface area contributed by atoms with Crippen molar-refractivity contribution in [1.29, 1.82) is 0 Å². The zero-order chi connectivity index (χ0) is 16.5. The summed E-state index contributed by atoms with van der Waals surface area (Å²) in [6.07, 6.45) is 0.371. The standard InChI is InChI=1S/C16H25FN4O/c1-5-18-16(19-10-9-15(22)20(2)3)21(4)12-13-7-6-8-14(17)11-13/h6-8,11H,5,9-10,12H2,1-4H3,(H,18,19). The van der Waals surface area contributed by atoms with Crippen molar-refractivity contribution in [3.63, 3.8) is 0 Å². The van der Waals surface area contributed by atoms with Gasteiger partial charge in [-0.25, -0.2) is 4.39 Å². The lowest BCUT2D eigenvalue weighted by Crippen LogP contribution is -2.38. The summed E-state index contributed by atoms with van der Waals surface area (Å²) in [5.74, 6) is 0.509. The second-order valence-corrected chi connectivity index (χ2v) is 5.26. The van der Waals surface area contributed by atoms with E-state index in [-0.39, 0.29) is 11.7 Å². The van der Waals surface area contributed by atoms with E-state index < -0.39 is 0 Å². The summed E-state index contributed by atoms with van der Waals surface area (Å²) in [5, 5.41) is 3.18. The summed E-state index contributed by atoms with van der Waals surface area (Å²) in [6.45, 7) is 3.68. The fraction of sp³-hybridized carbons (Fsp3) is 0.500. The molecule has 5 nitrogen and oxygen atoms in total. The lowest BCUT2D eigenvalue weighted by atomic mass is 10.2. The molecule has 1 N–H and O–H groups in total. The average molecular weight is 308 g/mol. The number of carbonyl (C=O) groups is 1. The van der Waals surface area contributed by atoms with E-state index in [9.17, 15) is 9.18 Å². The molecule has 0 radical (unpaired) electrons. The van der Waals surface area contributed by atoms with E-state index in [1.807, 2.05) is 24.9 Å². The largest absolute Gasteiger partial charge is 0.357 e. The molecule has 6 heteroatoms. The Hall–Kier alpha value is -2.11. The first-order valence-corrected chi connectivity index (χ1v) is 7.38. The van der Waals surface area contributed by atoms with E-state index in [4.69, 9.17) is 0 Å². The van der Waals surface area contributed by atoms with Crippen molar-refractivity contribution in [2.24, 2.45) is 4.99 Å². The van der Waals surface area contributed by atoms with Crippen LogP contribution < -0.4 is 5.32 Å². The molecule has 1 aromatic rings. The van der Waals surface area contributed by atoms with Crippen molar-refractivity contribution in [3.05, 3.63) is 35.6 Å². The van der Waals surface area contributed by atoms with Crippen LogP contribution in [0.3, 0.4) is 0 Å². The number of carbonyl (C=O) groups excluding carboxylic acids is 1. The van der Waals surface area contributed by atoms with E-state index in [2.05, 4.69) is 10.3 Å². The van der Waals surface area contributed by atoms with Crippen molar-refractivity contribution < 1.29 is 9.18 Å². The second-order valence-electron chi connectivity index (χ2n) is 5.26. The molecule has 1 rings (SSSR count). The van der Waals surface area contributed by atoms with Crippen LogP contribution in [-0.2, 0) is 11.3 Å². The Labute approximate surface area is 131 Å². The van der Waals surface area contributed by atoms with E-state index in [0.29, 0.717) is 25.5 Å². The molecule has 0 atom stereocenters. The quantitative estimate of drug-likeness (QED) is 0.643. The van der Waals surface area contributed by atoms with Gasteiger partial charge < -0.3 is 15.1 Å². The molecule has 0 fully saturated rings. The highest BCUT2D eigenvalue weighted by Gasteiger charge is 2.08. The van der Waals surface area contributed by atoms with Gasteiger partial charge in [0.25, 0.3) is 0 Å². The molecule has 122 valence electrons. The Morgan fingerprint density at radius 3 is 2.64 bits per heavy atom. The van der Waals surface area contributed by atoms with Gasteiger partial charge in [0, 0.05) is 40.7 Å². The Kier molecular flexibility index (Phi) is 7.36. The number of nitrogens with one attached hydrogen (secondary N) is 1. The first-order chi connectivity index (χ1) is 10.4. The van der Waals surface area contributed by atoms with Crippen molar-refractivity contribution in [2.45, 2.75) is 19.9 Å². The first kappa shape index (κ1) is 17.9. The van der Waals surface area contributed by atoms with E-state index >= 15 is 0 Å². The maximum Gasteiger partial charge on any atom is 0.223 e. The highest BCUT2D eigenvalue weighted by Crippen LogP contribution is 2.06. The molecule has 0 aliphatic carbocycles. The van der Waals surface area contributed by atoms with Crippen molar-refractivity contribution in [3.8, 4) is 0 Å². The molecule has 0 aliphatic rings. The van der Waals surface area contributed by atoms with Crippen molar-refractivity contribution in [1.82, 2.24) is 15.1 Å². The fourth-order valence-electron chi connectivity index (χ4n) is 1.93. The third-order valence-corrected chi connectivity index (χ3v) is 3.09. The van der Waals surface area contributed by atoms with Gasteiger partial charge in [-0.2, -0.15) is 0 Å². The predicted molar refractivity (Wildman–Crippen MR) is 87.2 cm³/mol. The molecule has 0 saturated carbocycles. The monoisotopic (exact) mass is 308 g/mol. The zero-order valence-electron chi connectivity index (χ0n) is 13.8. The van der Waals surface area contributed by atoms with Gasteiger partial charge in [-0.1, -0.05) is 12.1 Å². The minimum absolute atomic E-state index is 0.0485. The van der Waals surface area contributed by atoms with Crippen LogP contribution in [0.1, 0.15) is 18.9 Å². The summed E-state index contributed by atoms with van der Waals surface area (Å²) in [7, 11) is 5.35. The minimum atomic E-state index is -0.246. The number of hydrogen-bond acceptors (Lipinski definition) is 2. The van der Waals surface area contributed by atoms with Gasteiger partial charge in [0.15, 0.2) is 5.96 Å². The maximum absolute atomic E-state index is 13.2. The van der Waals surface area contributed by atoms with E-state index in [1.54, 1.807) is 25.1 Å². The van der Waals surface area contributed by atoms with Crippen LogP contribution in [0.4, 0.5) is 4.39 Å². The Morgan fingerprint density at radius 2 is 2.05 bits per heavy atom. The summed E-state index contributed by atoms with van der Waals surface area (Å²) in [4.78, 5) is 19.5. The van der Waals surface area contributed by atoms with Crippen molar-refractivity contribution in [2.75, 3.05) is 34.2 Å². The van der Waals surface area contributed by atoms with Crippen LogP contribution in [0, 0.1) is 5.82 Å². The van der Waals surface area contributed by atoms with Crippen LogP contribution in [0.5, 0.6) is 0 Å². The molecule has 0 aromatic heterocycles. The summed E-state index contributed by atoms with van der Waals surface area (Å²) >= 11 is 0. The molecule has 1 amide bonds. The third-order valence-electron chi connectivity index (χ3n) is 3.09. The molecular weight excluding hydrogens is 283 g/mol. The normalized spacial score (nSPS) is 11.2. The molecule has 0 spiro atoms. The molecule has 0 heterocycles. The number of rotatable bonds is 6. The molecule has 0 saturated heterocycles. The van der Waals surface area contributed by atoms with Gasteiger partial charge in [0.2, 0.25) is 5.91 Å². The van der Waals surface area contributed by atoms with Gasteiger partial charge in [-0.05, 0) is 24.6 Å². The summed E-state index contributed by atoms with van der Waals surface area (Å²) < 4.78 is 13.2. The SMILES string of the molecule is CCNC(=NCCC(=O)N(C)C)N(C)Cc1cccc(F)c1. The molecule has 0 unspecified atom stereocenters. The summed E-state index contributed by atoms with van der Waals surface area (Å²) in [6, 6.07) is 6.50. The van der Waals surface area contributed by atoms with Gasteiger partial charge >= 0.3 is 0 Å². The first-order valence-electron chi connectivity index (χ1n) is 7.38. The third kappa shape index (κ3) is 6.11. The van der Waals surface area contributed by atoms with Gasteiger partial charge in [0.05, 0.1) is 6.54 Å². The zero-order valence-corrected chi connectivity index (χ0v) is 13.8. The maximum atomic E-state index is 13.2. The van der Waals surface area contributed by atoms with Crippen LogP contribution in [0.2, 0.25) is 0 Å². The molecule has 22 heavy (non-hydrogen) atoms. The fourth-order valence-corrected chi connectivity index (χ4v) is 1.93. The van der Waals surface area contributed by atoms with Gasteiger partial charge in [0.1, 0.15) is 5.82 Å². The Balaban J connectivity index is 2.66. The number of amides is 1. The lowest BCUT2D eigenvalue weighted by molar-refractivity contribution is -0.128.